The second-order valence-corrected chi connectivity index (χ2v) is 4.83. The molecule has 1 unspecified atom stereocenters. The molecule has 0 saturated carbocycles. The van der Waals surface area contributed by atoms with Crippen molar-refractivity contribution in [1.29, 1.82) is 0 Å². The molecule has 2 heteroatoms. The normalized spacial score (nSPS) is 13.9. The summed E-state index contributed by atoms with van der Waals surface area (Å²) in [4.78, 5) is 0. The Balaban J connectivity index is 3.21. The van der Waals surface area contributed by atoms with E-state index < -0.39 is 0 Å². The zero-order chi connectivity index (χ0) is 8.69. The van der Waals surface area contributed by atoms with Crippen LogP contribution in [0.15, 0.2) is 0 Å². The Morgan fingerprint density at radius 2 is 1.91 bits per heavy atom. The quantitative estimate of drug-likeness (QED) is 0.630. The summed E-state index contributed by atoms with van der Waals surface area (Å²) in [6, 6.07) is 0. The lowest BCUT2D eigenvalue weighted by atomic mass is 10.2. The van der Waals surface area contributed by atoms with E-state index in [-0.39, 0.29) is 0 Å². The van der Waals surface area contributed by atoms with Gasteiger partial charge < -0.3 is 0 Å². The van der Waals surface area contributed by atoms with Crippen LogP contribution in [0, 0.1) is 11.8 Å². The van der Waals surface area contributed by atoms with Crippen molar-refractivity contribution in [2.24, 2.45) is 11.8 Å². The second kappa shape index (κ2) is 7.35. The smallest absolute Gasteiger partial charge is 0.00313 e. The summed E-state index contributed by atoms with van der Waals surface area (Å²) in [5.41, 5.74) is 0. The average Bonchev–Trinajstić information content (AvgIpc) is 1.98. The summed E-state index contributed by atoms with van der Waals surface area (Å²) in [7, 11) is 0. The summed E-state index contributed by atoms with van der Waals surface area (Å²) in [6.07, 6.45) is 1.27. The first-order valence-corrected chi connectivity index (χ1v) is 6.18. The van der Waals surface area contributed by atoms with Crippen LogP contribution in [0.3, 0.4) is 0 Å². The number of hydrogen-bond acceptors (Lipinski definition) is 2. The van der Waals surface area contributed by atoms with E-state index in [1.165, 1.54) is 17.9 Å². The van der Waals surface area contributed by atoms with Crippen molar-refractivity contribution < 1.29 is 0 Å². The molecule has 0 aromatic heterocycles. The fraction of sp³-hybridized carbons (Fsp3) is 1.00. The van der Waals surface area contributed by atoms with E-state index >= 15 is 0 Å². The predicted octanol–water partition coefficient (Wildman–Crippen LogP) is 3.33. The molecule has 0 aliphatic heterocycles. The number of rotatable bonds is 6. The molecule has 11 heavy (non-hydrogen) atoms. The minimum absolute atomic E-state index is 0.821. The average molecular weight is 192 g/mol. The Kier molecular flexibility index (Phi) is 7.82. The molecular weight excluding hydrogens is 172 g/mol. The van der Waals surface area contributed by atoms with Crippen LogP contribution in [0.4, 0.5) is 0 Å². The molecule has 0 aliphatic carbocycles. The third-order valence-corrected chi connectivity index (χ3v) is 3.77. The van der Waals surface area contributed by atoms with Gasteiger partial charge in [0.15, 0.2) is 0 Å². The molecule has 0 aliphatic rings. The molecule has 1 atom stereocenters. The summed E-state index contributed by atoms with van der Waals surface area (Å²) in [5, 5.41) is 0. The van der Waals surface area contributed by atoms with Crippen molar-refractivity contribution in [3.05, 3.63) is 0 Å². The lowest BCUT2D eigenvalue weighted by Gasteiger charge is -2.11. The maximum Gasteiger partial charge on any atom is -0.00313 e. The summed E-state index contributed by atoms with van der Waals surface area (Å²) < 4.78 is 0. The lowest BCUT2D eigenvalue weighted by Crippen LogP contribution is -2.05. The minimum Gasteiger partial charge on any atom is -0.179 e. The Morgan fingerprint density at radius 3 is 2.27 bits per heavy atom. The highest BCUT2D eigenvalue weighted by Crippen LogP contribution is 2.15. The third kappa shape index (κ3) is 7.07. The van der Waals surface area contributed by atoms with E-state index in [1.54, 1.807) is 0 Å². The first-order valence-electron chi connectivity index (χ1n) is 4.39. The zero-order valence-electron chi connectivity index (χ0n) is 7.84. The molecule has 0 heterocycles. The standard InChI is InChI=1S/C9H20S2/c1-4-9(5-10)7-11-6-8(2)3/h8-10H,4-7H2,1-3H3. The molecule has 68 valence electrons. The fourth-order valence-corrected chi connectivity index (χ4v) is 2.63. The molecule has 0 aromatic carbocycles. The highest BCUT2D eigenvalue weighted by molar-refractivity contribution is 7.99. The van der Waals surface area contributed by atoms with Crippen LogP contribution in [0.25, 0.3) is 0 Å². The molecule has 0 bridgehead atoms. The van der Waals surface area contributed by atoms with Crippen LogP contribution in [0.2, 0.25) is 0 Å². The van der Waals surface area contributed by atoms with Crippen LogP contribution in [0.1, 0.15) is 27.2 Å². The Hall–Kier alpha value is 0.700. The van der Waals surface area contributed by atoms with Crippen molar-refractivity contribution >= 4 is 24.4 Å². The van der Waals surface area contributed by atoms with E-state index in [4.69, 9.17) is 0 Å². The molecule has 0 amide bonds. The van der Waals surface area contributed by atoms with Crippen molar-refractivity contribution in [1.82, 2.24) is 0 Å². The van der Waals surface area contributed by atoms with Gasteiger partial charge in [0, 0.05) is 0 Å². The van der Waals surface area contributed by atoms with E-state index in [0.717, 1.165) is 17.6 Å². The van der Waals surface area contributed by atoms with Gasteiger partial charge in [0.1, 0.15) is 0 Å². The van der Waals surface area contributed by atoms with Crippen LogP contribution in [-0.2, 0) is 0 Å². The SMILES string of the molecule is CCC(CS)CSCC(C)C. The molecule has 0 spiro atoms. The summed E-state index contributed by atoms with van der Waals surface area (Å²) in [6.45, 7) is 6.79. The summed E-state index contributed by atoms with van der Waals surface area (Å²) in [5.74, 6) is 5.28. The van der Waals surface area contributed by atoms with Gasteiger partial charge in [-0.05, 0) is 29.1 Å². The van der Waals surface area contributed by atoms with Gasteiger partial charge in [-0.2, -0.15) is 24.4 Å². The predicted molar refractivity (Wildman–Crippen MR) is 59.8 cm³/mol. The maximum absolute atomic E-state index is 4.31. The van der Waals surface area contributed by atoms with Crippen LogP contribution in [-0.4, -0.2) is 17.3 Å². The van der Waals surface area contributed by atoms with Gasteiger partial charge in [0.2, 0.25) is 0 Å². The van der Waals surface area contributed by atoms with Crippen molar-refractivity contribution in [2.75, 3.05) is 17.3 Å². The second-order valence-electron chi connectivity index (χ2n) is 3.39. The van der Waals surface area contributed by atoms with Crippen molar-refractivity contribution in [2.45, 2.75) is 27.2 Å². The molecular formula is C9H20S2. The first kappa shape index (κ1) is 11.7. The number of hydrogen-bond donors (Lipinski definition) is 1. The Labute approximate surface area is 80.9 Å². The first-order chi connectivity index (χ1) is 5.20. The van der Waals surface area contributed by atoms with Gasteiger partial charge in [-0.3, -0.25) is 0 Å². The van der Waals surface area contributed by atoms with Crippen LogP contribution < -0.4 is 0 Å². The van der Waals surface area contributed by atoms with Crippen LogP contribution in [0.5, 0.6) is 0 Å². The largest absolute Gasteiger partial charge is 0.179 e. The number of thioether (sulfide) groups is 1. The Bertz CT molecular complexity index is 77.6. The number of thiol groups is 1. The highest BCUT2D eigenvalue weighted by Gasteiger charge is 2.03. The molecule has 0 N–H and O–H groups in total. The molecule has 0 rings (SSSR count). The molecule has 0 saturated heterocycles. The van der Waals surface area contributed by atoms with Gasteiger partial charge in [0.05, 0.1) is 0 Å². The minimum atomic E-state index is 0.821. The fourth-order valence-electron chi connectivity index (χ4n) is 0.770. The van der Waals surface area contributed by atoms with E-state index in [9.17, 15) is 0 Å². The van der Waals surface area contributed by atoms with Gasteiger partial charge in [-0.1, -0.05) is 27.2 Å². The van der Waals surface area contributed by atoms with Gasteiger partial charge in [0.25, 0.3) is 0 Å². The summed E-state index contributed by atoms with van der Waals surface area (Å²) >= 11 is 6.38. The molecule has 0 aromatic rings. The van der Waals surface area contributed by atoms with Crippen LogP contribution >= 0.6 is 24.4 Å². The maximum atomic E-state index is 4.31. The highest BCUT2D eigenvalue weighted by atomic mass is 32.2. The molecule has 0 radical (unpaired) electrons. The zero-order valence-corrected chi connectivity index (χ0v) is 9.55. The molecule has 0 nitrogen and oxygen atoms in total. The van der Waals surface area contributed by atoms with E-state index in [2.05, 4.69) is 45.2 Å². The lowest BCUT2D eigenvalue weighted by molar-refractivity contribution is 0.647. The van der Waals surface area contributed by atoms with Gasteiger partial charge in [-0.15, -0.1) is 0 Å². The van der Waals surface area contributed by atoms with Crippen molar-refractivity contribution in [3.8, 4) is 0 Å². The van der Waals surface area contributed by atoms with Gasteiger partial charge in [-0.25, -0.2) is 0 Å². The third-order valence-electron chi connectivity index (χ3n) is 1.64. The van der Waals surface area contributed by atoms with Crippen molar-refractivity contribution in [3.63, 3.8) is 0 Å². The van der Waals surface area contributed by atoms with E-state index in [1.807, 2.05) is 0 Å². The van der Waals surface area contributed by atoms with E-state index in [0.29, 0.717) is 0 Å². The molecule has 0 fully saturated rings. The topological polar surface area (TPSA) is 0 Å². The Morgan fingerprint density at radius 1 is 1.27 bits per heavy atom. The van der Waals surface area contributed by atoms with Gasteiger partial charge >= 0.3 is 0 Å². The monoisotopic (exact) mass is 192 g/mol.